The van der Waals surface area contributed by atoms with Crippen molar-refractivity contribution in [2.24, 2.45) is 0 Å². The maximum absolute atomic E-state index is 13.8. The summed E-state index contributed by atoms with van der Waals surface area (Å²) >= 11 is 1.23. The van der Waals surface area contributed by atoms with Gasteiger partial charge in [-0.15, -0.1) is 0 Å². The number of fused-ring (bicyclic) bond motifs is 1. The fourth-order valence-corrected chi connectivity index (χ4v) is 6.16. The van der Waals surface area contributed by atoms with E-state index in [9.17, 15) is 20.0 Å². The number of carbonyl (C=O) groups excluding carboxylic acids is 1. The smallest absolute Gasteiger partial charge is 0.336 e. The molecule has 0 aliphatic heterocycles. The van der Waals surface area contributed by atoms with Gasteiger partial charge >= 0.3 is 5.97 Å². The van der Waals surface area contributed by atoms with Crippen LogP contribution in [0.5, 0.6) is 0 Å². The Balaban J connectivity index is 1.30. The van der Waals surface area contributed by atoms with Crippen molar-refractivity contribution in [3.8, 4) is 28.6 Å². The van der Waals surface area contributed by atoms with Crippen LogP contribution < -0.4 is 5.32 Å². The van der Waals surface area contributed by atoms with Gasteiger partial charge in [0.1, 0.15) is 16.3 Å². The van der Waals surface area contributed by atoms with E-state index in [-0.39, 0.29) is 11.5 Å². The number of nitriles is 1. The molecule has 218 valence electrons. The van der Waals surface area contributed by atoms with Gasteiger partial charge in [-0.1, -0.05) is 103 Å². The monoisotopic (exact) mass is 606 g/mol. The number of carboxylic acids is 1. The normalized spacial score (nSPS) is 11.5. The van der Waals surface area contributed by atoms with Crippen molar-refractivity contribution < 1.29 is 14.7 Å². The van der Waals surface area contributed by atoms with Crippen molar-refractivity contribution >= 4 is 40.2 Å². The van der Waals surface area contributed by atoms with Crippen LogP contribution in [-0.2, 0) is 4.79 Å². The third kappa shape index (κ3) is 6.30. The number of benzene rings is 4. The minimum atomic E-state index is -1.03. The maximum atomic E-state index is 13.8. The molecule has 0 bridgehead atoms. The summed E-state index contributed by atoms with van der Waals surface area (Å²) in [7, 11) is 0. The van der Waals surface area contributed by atoms with Crippen LogP contribution in [0.2, 0.25) is 0 Å². The number of pyridine rings is 2. The highest BCUT2D eigenvalue weighted by atomic mass is 32.2. The molecule has 45 heavy (non-hydrogen) atoms. The summed E-state index contributed by atoms with van der Waals surface area (Å²) in [4.78, 5) is 35.3. The van der Waals surface area contributed by atoms with Gasteiger partial charge in [0, 0.05) is 22.2 Å². The van der Waals surface area contributed by atoms with Crippen molar-refractivity contribution in [3.05, 3.63) is 144 Å². The molecular weight excluding hydrogens is 580 g/mol. The Kier molecular flexibility index (Phi) is 8.36. The van der Waals surface area contributed by atoms with E-state index >= 15 is 0 Å². The number of aryl methyl sites for hydroxylation is 1. The highest BCUT2D eigenvalue weighted by Crippen LogP contribution is 2.39. The molecule has 6 aromatic rings. The highest BCUT2D eigenvalue weighted by Gasteiger charge is 2.25. The molecule has 1 unspecified atom stereocenters. The molecular formula is C37H26N4O3S. The molecule has 1 amide bonds. The van der Waals surface area contributed by atoms with Crippen LogP contribution in [-0.4, -0.2) is 27.0 Å². The van der Waals surface area contributed by atoms with Gasteiger partial charge in [-0.05, 0) is 48.4 Å². The number of anilines is 1. The highest BCUT2D eigenvalue weighted by molar-refractivity contribution is 8.00. The lowest BCUT2D eigenvalue weighted by Gasteiger charge is -2.18. The Morgan fingerprint density at radius 2 is 1.49 bits per heavy atom. The molecule has 0 fully saturated rings. The van der Waals surface area contributed by atoms with Gasteiger partial charge in [-0.3, -0.25) is 4.79 Å². The first-order chi connectivity index (χ1) is 21.9. The van der Waals surface area contributed by atoms with Crippen molar-refractivity contribution in [3.63, 3.8) is 0 Å². The molecule has 0 spiro atoms. The molecule has 0 aliphatic carbocycles. The molecule has 6 rings (SSSR count). The number of thioether (sulfide) groups is 1. The second kappa shape index (κ2) is 12.8. The number of carboxylic acid groups (broad SMARTS) is 1. The number of carbonyl (C=O) groups is 2. The summed E-state index contributed by atoms with van der Waals surface area (Å²) in [6.45, 7) is 1.92. The van der Waals surface area contributed by atoms with Crippen LogP contribution in [0.15, 0.2) is 126 Å². The van der Waals surface area contributed by atoms with E-state index in [2.05, 4.69) is 16.4 Å². The zero-order chi connectivity index (χ0) is 31.3. The van der Waals surface area contributed by atoms with Crippen molar-refractivity contribution in [1.29, 1.82) is 5.26 Å². The Bertz CT molecular complexity index is 2080. The second-order valence-corrected chi connectivity index (χ2v) is 11.4. The molecule has 2 heterocycles. The van der Waals surface area contributed by atoms with Gasteiger partial charge in [0.05, 0.1) is 28.0 Å². The fraction of sp³-hybridized carbons (Fsp3) is 0.0541. The van der Waals surface area contributed by atoms with Crippen LogP contribution in [0.3, 0.4) is 0 Å². The Hall–Kier alpha value is -5.78. The Morgan fingerprint density at radius 3 is 2.18 bits per heavy atom. The lowest BCUT2D eigenvalue weighted by molar-refractivity contribution is -0.115. The molecule has 0 aliphatic rings. The standard InChI is InChI=1S/C37H26N4O3S/c1-23-20-27(22-38)36(41-33(23)25-10-4-2-5-11-25)45-34(26-12-6-3-7-13-26)35(42)39-28-18-16-24(17-19-28)32-21-30(37(43)44)29-14-8-9-15-31(29)40-32/h2-21,34H,1H3,(H,39,42)(H,43,44). The van der Waals surface area contributed by atoms with Gasteiger partial charge in [0.15, 0.2) is 0 Å². The average Bonchev–Trinajstić information content (AvgIpc) is 3.08. The third-order valence-electron chi connectivity index (χ3n) is 7.31. The van der Waals surface area contributed by atoms with Gasteiger partial charge in [-0.25, -0.2) is 14.8 Å². The van der Waals surface area contributed by atoms with E-state index in [0.29, 0.717) is 38.4 Å². The zero-order valence-corrected chi connectivity index (χ0v) is 25.0. The molecule has 7 nitrogen and oxygen atoms in total. The summed E-state index contributed by atoms with van der Waals surface area (Å²) in [6.07, 6.45) is 0. The summed E-state index contributed by atoms with van der Waals surface area (Å²) < 4.78 is 0. The first kappa shape index (κ1) is 29.3. The predicted molar refractivity (Wildman–Crippen MR) is 177 cm³/mol. The largest absolute Gasteiger partial charge is 0.478 e. The van der Waals surface area contributed by atoms with Crippen LogP contribution in [0.4, 0.5) is 5.69 Å². The van der Waals surface area contributed by atoms with Gasteiger partial charge in [-0.2, -0.15) is 5.26 Å². The molecule has 4 aromatic carbocycles. The molecule has 8 heteroatoms. The molecule has 2 N–H and O–H groups in total. The van der Waals surface area contributed by atoms with Crippen LogP contribution >= 0.6 is 11.8 Å². The Morgan fingerprint density at radius 1 is 0.822 bits per heavy atom. The van der Waals surface area contributed by atoms with Crippen molar-refractivity contribution in [1.82, 2.24) is 9.97 Å². The van der Waals surface area contributed by atoms with E-state index < -0.39 is 11.2 Å². The average molecular weight is 607 g/mol. The molecule has 2 aromatic heterocycles. The number of amides is 1. The molecule has 1 atom stereocenters. The van der Waals surface area contributed by atoms with Crippen molar-refractivity contribution in [2.45, 2.75) is 17.2 Å². The maximum Gasteiger partial charge on any atom is 0.336 e. The molecule has 0 radical (unpaired) electrons. The predicted octanol–water partition coefficient (Wildman–Crippen LogP) is 8.31. The zero-order valence-electron chi connectivity index (χ0n) is 24.1. The van der Waals surface area contributed by atoms with E-state index in [1.807, 2.05) is 79.7 Å². The summed E-state index contributed by atoms with van der Waals surface area (Å²) in [5.41, 5.74) is 6.29. The fourth-order valence-electron chi connectivity index (χ4n) is 5.10. The van der Waals surface area contributed by atoms with E-state index in [1.54, 1.807) is 48.5 Å². The number of aromatic carboxylic acids is 1. The summed E-state index contributed by atoms with van der Waals surface area (Å²) in [5, 5.41) is 23.1. The van der Waals surface area contributed by atoms with Crippen LogP contribution in [0.1, 0.15) is 32.3 Å². The second-order valence-electron chi connectivity index (χ2n) is 10.3. The van der Waals surface area contributed by atoms with E-state index in [1.165, 1.54) is 11.8 Å². The summed E-state index contributed by atoms with van der Waals surface area (Å²) in [5.74, 6) is -1.30. The quantitative estimate of drug-likeness (QED) is 0.167. The number of nitrogens with zero attached hydrogens (tertiary/aromatic N) is 3. The Labute approximate surface area is 264 Å². The first-order valence-electron chi connectivity index (χ1n) is 14.1. The van der Waals surface area contributed by atoms with E-state index in [4.69, 9.17) is 4.98 Å². The lowest BCUT2D eigenvalue weighted by Crippen LogP contribution is -2.19. The first-order valence-corrected chi connectivity index (χ1v) is 15.0. The number of hydrogen-bond acceptors (Lipinski definition) is 6. The van der Waals surface area contributed by atoms with Crippen molar-refractivity contribution in [2.75, 3.05) is 5.32 Å². The van der Waals surface area contributed by atoms with Gasteiger partial charge in [0.25, 0.3) is 0 Å². The topological polar surface area (TPSA) is 116 Å². The summed E-state index contributed by atoms with van der Waals surface area (Å²) in [6, 6.07) is 39.0. The minimum Gasteiger partial charge on any atom is -0.478 e. The number of rotatable bonds is 8. The van der Waals surface area contributed by atoms with Crippen LogP contribution in [0, 0.1) is 18.3 Å². The molecule has 0 saturated carbocycles. The lowest BCUT2D eigenvalue weighted by atomic mass is 10.0. The minimum absolute atomic E-state index is 0.174. The van der Waals surface area contributed by atoms with Gasteiger partial charge in [0.2, 0.25) is 5.91 Å². The third-order valence-corrected chi connectivity index (χ3v) is 8.57. The number of nitrogens with one attached hydrogen (secondary N) is 1. The van der Waals surface area contributed by atoms with Crippen LogP contribution in [0.25, 0.3) is 33.4 Å². The number of aromatic nitrogens is 2. The SMILES string of the molecule is Cc1cc(C#N)c(SC(C(=O)Nc2ccc(-c3cc(C(=O)O)c4ccccc4n3)cc2)c2ccccc2)nc1-c1ccccc1. The number of para-hydroxylation sites is 1. The van der Waals surface area contributed by atoms with Gasteiger partial charge < -0.3 is 10.4 Å². The molecule has 0 saturated heterocycles. The number of hydrogen-bond donors (Lipinski definition) is 2. The van der Waals surface area contributed by atoms with E-state index in [0.717, 1.165) is 22.4 Å².